The van der Waals surface area contributed by atoms with Crippen molar-refractivity contribution in [2.45, 2.75) is 43.4 Å². The van der Waals surface area contributed by atoms with Crippen molar-refractivity contribution in [3.8, 4) is 5.75 Å². The molecule has 1 aromatic carbocycles. The predicted octanol–water partition coefficient (Wildman–Crippen LogP) is 2.55. The van der Waals surface area contributed by atoms with Gasteiger partial charge in [0.2, 0.25) is 11.8 Å². The smallest absolute Gasteiger partial charge is 0.240 e. The molecule has 1 aliphatic heterocycles. The Morgan fingerprint density at radius 2 is 2.04 bits per heavy atom. The van der Waals surface area contributed by atoms with Gasteiger partial charge in [0.15, 0.2) is 5.17 Å². The minimum absolute atomic E-state index is 0.131. The summed E-state index contributed by atoms with van der Waals surface area (Å²) in [5.74, 6) is 0.406. The summed E-state index contributed by atoms with van der Waals surface area (Å²) in [5, 5.41) is 5.84. The Morgan fingerprint density at radius 1 is 1.33 bits per heavy atom. The minimum atomic E-state index is -0.414. The molecule has 0 radical (unpaired) electrons. The SMILES string of the molecule is COc1ccc(NC(=O)C[C@@H]2SC(=NC3CCCC3)NC2=O)cc1. The van der Waals surface area contributed by atoms with Crippen LogP contribution in [0.4, 0.5) is 5.69 Å². The second-order valence-corrected chi connectivity index (χ2v) is 7.14. The topological polar surface area (TPSA) is 79.8 Å². The molecule has 2 aliphatic rings. The van der Waals surface area contributed by atoms with Crippen LogP contribution in [0.15, 0.2) is 29.3 Å². The molecular formula is C17H21N3O3S. The molecule has 1 aliphatic carbocycles. The predicted molar refractivity (Wildman–Crippen MR) is 95.5 cm³/mol. The van der Waals surface area contributed by atoms with Crippen molar-refractivity contribution in [1.82, 2.24) is 5.32 Å². The summed E-state index contributed by atoms with van der Waals surface area (Å²) < 4.78 is 5.08. The highest BCUT2D eigenvalue weighted by Crippen LogP contribution is 2.27. The highest BCUT2D eigenvalue weighted by molar-refractivity contribution is 8.15. The van der Waals surface area contributed by atoms with E-state index < -0.39 is 5.25 Å². The molecule has 24 heavy (non-hydrogen) atoms. The molecule has 6 nitrogen and oxygen atoms in total. The fourth-order valence-electron chi connectivity index (χ4n) is 2.85. The molecule has 1 saturated heterocycles. The fourth-order valence-corrected chi connectivity index (χ4v) is 3.89. The van der Waals surface area contributed by atoms with Gasteiger partial charge in [-0.15, -0.1) is 0 Å². The molecule has 0 spiro atoms. The summed E-state index contributed by atoms with van der Waals surface area (Å²) in [6.45, 7) is 0. The van der Waals surface area contributed by atoms with E-state index in [1.165, 1.54) is 24.6 Å². The summed E-state index contributed by atoms with van der Waals surface area (Å²) in [5.41, 5.74) is 0.684. The average Bonchev–Trinajstić information content (AvgIpc) is 3.19. The van der Waals surface area contributed by atoms with Gasteiger partial charge >= 0.3 is 0 Å². The molecule has 7 heteroatoms. The molecule has 0 unspecified atom stereocenters. The zero-order chi connectivity index (χ0) is 16.9. The third-order valence-corrected chi connectivity index (χ3v) is 5.24. The number of amidine groups is 1. The lowest BCUT2D eigenvalue weighted by Gasteiger charge is -2.08. The lowest BCUT2D eigenvalue weighted by Crippen LogP contribution is -2.28. The van der Waals surface area contributed by atoms with E-state index in [1.54, 1.807) is 31.4 Å². The van der Waals surface area contributed by atoms with E-state index >= 15 is 0 Å². The van der Waals surface area contributed by atoms with Gasteiger partial charge in [0.25, 0.3) is 0 Å². The number of methoxy groups -OCH3 is 1. The number of aliphatic imine (C=N–C) groups is 1. The van der Waals surface area contributed by atoms with Crippen LogP contribution in [-0.4, -0.2) is 35.4 Å². The van der Waals surface area contributed by atoms with Gasteiger partial charge in [0.05, 0.1) is 13.2 Å². The number of benzene rings is 1. The Hall–Kier alpha value is -2.02. The number of hydrogen-bond donors (Lipinski definition) is 2. The van der Waals surface area contributed by atoms with Crippen LogP contribution in [-0.2, 0) is 9.59 Å². The summed E-state index contributed by atoms with van der Waals surface area (Å²) in [6.07, 6.45) is 4.71. The lowest BCUT2D eigenvalue weighted by atomic mass is 10.2. The number of carbonyl (C=O) groups excluding carboxylic acids is 2. The van der Waals surface area contributed by atoms with Crippen molar-refractivity contribution in [3.05, 3.63) is 24.3 Å². The van der Waals surface area contributed by atoms with Crippen LogP contribution < -0.4 is 15.4 Å². The van der Waals surface area contributed by atoms with Crippen LogP contribution in [0.1, 0.15) is 32.1 Å². The monoisotopic (exact) mass is 347 g/mol. The molecule has 128 valence electrons. The van der Waals surface area contributed by atoms with E-state index in [4.69, 9.17) is 4.74 Å². The molecule has 1 saturated carbocycles. The van der Waals surface area contributed by atoms with Crippen LogP contribution in [0.5, 0.6) is 5.75 Å². The Labute approximate surface area is 145 Å². The number of rotatable bonds is 5. The third kappa shape index (κ3) is 4.29. The van der Waals surface area contributed by atoms with E-state index in [-0.39, 0.29) is 18.2 Å². The second-order valence-electron chi connectivity index (χ2n) is 5.95. The zero-order valence-corrected chi connectivity index (χ0v) is 14.4. The summed E-state index contributed by atoms with van der Waals surface area (Å²) >= 11 is 1.36. The van der Waals surface area contributed by atoms with Gasteiger partial charge in [-0.2, -0.15) is 0 Å². The Balaban J connectivity index is 1.53. The molecule has 0 bridgehead atoms. The Bertz CT molecular complexity index is 639. The van der Waals surface area contributed by atoms with Crippen molar-refractivity contribution in [3.63, 3.8) is 0 Å². The van der Waals surface area contributed by atoms with Gasteiger partial charge in [-0.05, 0) is 37.1 Å². The molecule has 3 rings (SSSR count). The number of carbonyl (C=O) groups is 2. The molecule has 2 amide bonds. The molecule has 1 aromatic rings. The van der Waals surface area contributed by atoms with Gasteiger partial charge in [0.1, 0.15) is 11.0 Å². The number of anilines is 1. The second kappa shape index (κ2) is 7.70. The lowest BCUT2D eigenvalue weighted by molar-refractivity contribution is -0.122. The molecule has 1 heterocycles. The quantitative estimate of drug-likeness (QED) is 0.858. The number of amides is 2. The molecule has 2 N–H and O–H groups in total. The molecular weight excluding hydrogens is 326 g/mol. The first-order valence-corrected chi connectivity index (χ1v) is 9.01. The summed E-state index contributed by atoms with van der Waals surface area (Å²) in [7, 11) is 1.59. The minimum Gasteiger partial charge on any atom is -0.497 e. The van der Waals surface area contributed by atoms with E-state index in [0.29, 0.717) is 16.9 Å². The third-order valence-electron chi connectivity index (χ3n) is 4.15. The Kier molecular flexibility index (Phi) is 5.40. The zero-order valence-electron chi connectivity index (χ0n) is 13.6. The first-order valence-electron chi connectivity index (χ1n) is 8.13. The van der Waals surface area contributed by atoms with Gasteiger partial charge in [-0.1, -0.05) is 24.6 Å². The summed E-state index contributed by atoms with van der Waals surface area (Å²) in [6, 6.07) is 7.41. The first-order chi connectivity index (χ1) is 11.6. The van der Waals surface area contributed by atoms with E-state index in [2.05, 4.69) is 15.6 Å². The fraction of sp³-hybridized carbons (Fsp3) is 0.471. The van der Waals surface area contributed by atoms with Crippen molar-refractivity contribution in [2.24, 2.45) is 4.99 Å². The van der Waals surface area contributed by atoms with Crippen molar-refractivity contribution in [1.29, 1.82) is 0 Å². The molecule has 2 fully saturated rings. The molecule has 0 aromatic heterocycles. The van der Waals surface area contributed by atoms with E-state index in [9.17, 15) is 9.59 Å². The maximum atomic E-state index is 12.1. The van der Waals surface area contributed by atoms with E-state index in [0.717, 1.165) is 18.6 Å². The number of ether oxygens (including phenoxy) is 1. The average molecular weight is 347 g/mol. The van der Waals surface area contributed by atoms with Crippen LogP contribution >= 0.6 is 11.8 Å². The number of thioether (sulfide) groups is 1. The maximum Gasteiger partial charge on any atom is 0.240 e. The van der Waals surface area contributed by atoms with Gasteiger partial charge in [-0.3, -0.25) is 14.6 Å². The normalized spacial score (nSPS) is 22.6. The van der Waals surface area contributed by atoms with Crippen LogP contribution in [0.25, 0.3) is 0 Å². The van der Waals surface area contributed by atoms with Crippen molar-refractivity contribution >= 4 is 34.4 Å². The number of hydrogen-bond acceptors (Lipinski definition) is 5. The molecule has 1 atom stereocenters. The van der Waals surface area contributed by atoms with E-state index in [1.807, 2.05) is 0 Å². The standard InChI is InChI=1S/C17H21N3O3S/c1-23-13-8-6-12(7-9-13)18-15(21)10-14-16(22)20-17(24-14)19-11-4-2-3-5-11/h6-9,11,14H,2-5,10H2,1H3,(H,18,21)(H,19,20,22)/t14-/m0/s1. The first kappa shape index (κ1) is 16.8. The maximum absolute atomic E-state index is 12.1. The number of nitrogens with one attached hydrogen (secondary N) is 2. The summed E-state index contributed by atoms with van der Waals surface area (Å²) in [4.78, 5) is 28.8. The number of nitrogens with zero attached hydrogens (tertiary/aromatic N) is 1. The van der Waals surface area contributed by atoms with Gasteiger partial charge in [-0.25, -0.2) is 0 Å². The van der Waals surface area contributed by atoms with Gasteiger partial charge < -0.3 is 15.4 Å². The van der Waals surface area contributed by atoms with Crippen molar-refractivity contribution in [2.75, 3.05) is 12.4 Å². The Morgan fingerprint density at radius 3 is 2.71 bits per heavy atom. The van der Waals surface area contributed by atoms with Crippen molar-refractivity contribution < 1.29 is 14.3 Å². The van der Waals surface area contributed by atoms with Gasteiger partial charge in [0, 0.05) is 12.1 Å². The largest absolute Gasteiger partial charge is 0.497 e. The van der Waals surface area contributed by atoms with Crippen LogP contribution in [0.3, 0.4) is 0 Å². The highest BCUT2D eigenvalue weighted by Gasteiger charge is 2.32. The van der Waals surface area contributed by atoms with Crippen LogP contribution in [0, 0.1) is 0 Å². The highest BCUT2D eigenvalue weighted by atomic mass is 32.2. The van der Waals surface area contributed by atoms with Crippen LogP contribution in [0.2, 0.25) is 0 Å².